The average molecular weight is 191 g/mol. The molecule has 3 heteroatoms. The number of hydrogen-bond donors (Lipinski definition) is 1. The number of nitrogens with zero attached hydrogens (tertiary/aromatic N) is 2. The molecule has 1 aliphatic heterocycles. The number of pyridine rings is 1. The van der Waals surface area contributed by atoms with Crippen LogP contribution >= 0.6 is 0 Å². The molecule has 0 bridgehead atoms. The van der Waals surface area contributed by atoms with Crippen LogP contribution in [-0.2, 0) is 0 Å². The molecule has 0 amide bonds. The topological polar surface area (TPSA) is 42.2 Å². The zero-order valence-corrected chi connectivity index (χ0v) is 8.61. The second-order valence-electron chi connectivity index (χ2n) is 4.11. The van der Waals surface area contributed by atoms with Gasteiger partial charge in [-0.1, -0.05) is 6.92 Å². The van der Waals surface area contributed by atoms with Crippen molar-refractivity contribution in [2.75, 3.05) is 23.7 Å². The van der Waals surface area contributed by atoms with Crippen molar-refractivity contribution in [2.45, 2.75) is 19.8 Å². The van der Waals surface area contributed by atoms with Gasteiger partial charge in [0.2, 0.25) is 0 Å². The van der Waals surface area contributed by atoms with Crippen molar-refractivity contribution in [2.24, 2.45) is 5.92 Å². The fourth-order valence-electron chi connectivity index (χ4n) is 2.06. The molecular formula is C11H17N3. The van der Waals surface area contributed by atoms with E-state index in [1.165, 1.54) is 12.8 Å². The Morgan fingerprint density at radius 2 is 2.43 bits per heavy atom. The molecule has 0 spiro atoms. The third-order valence-corrected chi connectivity index (χ3v) is 2.77. The molecule has 1 aromatic rings. The first-order valence-electron chi connectivity index (χ1n) is 5.23. The quantitative estimate of drug-likeness (QED) is 0.737. The summed E-state index contributed by atoms with van der Waals surface area (Å²) >= 11 is 0. The van der Waals surface area contributed by atoms with Crippen molar-refractivity contribution >= 4 is 11.5 Å². The Bertz CT molecular complexity index is 311. The first-order valence-corrected chi connectivity index (χ1v) is 5.23. The van der Waals surface area contributed by atoms with E-state index in [9.17, 15) is 0 Å². The van der Waals surface area contributed by atoms with Crippen molar-refractivity contribution < 1.29 is 0 Å². The summed E-state index contributed by atoms with van der Waals surface area (Å²) in [7, 11) is 0. The standard InChI is InChI=1S/C11H17N3/c1-9-4-3-7-14(8-9)11-10(12)5-2-6-13-11/h2,5-6,9H,3-4,7-8,12H2,1H3. The molecule has 1 unspecified atom stereocenters. The Kier molecular flexibility index (Phi) is 2.57. The van der Waals surface area contributed by atoms with Crippen molar-refractivity contribution in [3.8, 4) is 0 Å². The molecule has 1 saturated heterocycles. The van der Waals surface area contributed by atoms with Gasteiger partial charge >= 0.3 is 0 Å². The summed E-state index contributed by atoms with van der Waals surface area (Å²) in [6.45, 7) is 4.46. The second-order valence-corrected chi connectivity index (χ2v) is 4.11. The van der Waals surface area contributed by atoms with Gasteiger partial charge in [0.1, 0.15) is 0 Å². The van der Waals surface area contributed by atoms with Crippen LogP contribution in [0.25, 0.3) is 0 Å². The predicted octanol–water partition coefficient (Wildman–Crippen LogP) is 1.90. The number of aromatic nitrogens is 1. The van der Waals surface area contributed by atoms with Crippen molar-refractivity contribution in [3.05, 3.63) is 18.3 Å². The molecule has 0 aromatic carbocycles. The Hall–Kier alpha value is -1.25. The van der Waals surface area contributed by atoms with Crippen LogP contribution in [0, 0.1) is 5.92 Å². The molecule has 1 aromatic heterocycles. The van der Waals surface area contributed by atoms with Gasteiger partial charge in [-0.15, -0.1) is 0 Å². The number of anilines is 2. The number of nitrogen functional groups attached to an aromatic ring is 1. The van der Waals surface area contributed by atoms with E-state index in [4.69, 9.17) is 5.73 Å². The molecule has 76 valence electrons. The molecule has 3 nitrogen and oxygen atoms in total. The van der Waals surface area contributed by atoms with Crippen LogP contribution in [0.1, 0.15) is 19.8 Å². The van der Waals surface area contributed by atoms with E-state index in [1.54, 1.807) is 0 Å². The van der Waals surface area contributed by atoms with Crippen molar-refractivity contribution in [1.82, 2.24) is 4.98 Å². The van der Waals surface area contributed by atoms with Gasteiger partial charge < -0.3 is 10.6 Å². The van der Waals surface area contributed by atoms with E-state index >= 15 is 0 Å². The first kappa shape index (κ1) is 9.31. The Labute approximate surface area is 84.9 Å². The normalized spacial score (nSPS) is 22.4. The van der Waals surface area contributed by atoms with E-state index in [2.05, 4.69) is 16.8 Å². The number of nitrogens with two attached hydrogens (primary N) is 1. The van der Waals surface area contributed by atoms with Gasteiger partial charge in [-0.25, -0.2) is 4.98 Å². The highest BCUT2D eigenvalue weighted by molar-refractivity contribution is 5.62. The van der Waals surface area contributed by atoms with Gasteiger partial charge in [0, 0.05) is 19.3 Å². The van der Waals surface area contributed by atoms with E-state index in [1.807, 2.05) is 18.3 Å². The van der Waals surface area contributed by atoms with Gasteiger partial charge in [-0.2, -0.15) is 0 Å². The molecule has 0 saturated carbocycles. The maximum absolute atomic E-state index is 5.89. The minimum Gasteiger partial charge on any atom is -0.396 e. The van der Waals surface area contributed by atoms with Crippen LogP contribution in [-0.4, -0.2) is 18.1 Å². The fourth-order valence-corrected chi connectivity index (χ4v) is 2.06. The number of piperidine rings is 1. The molecular weight excluding hydrogens is 174 g/mol. The fraction of sp³-hybridized carbons (Fsp3) is 0.545. The SMILES string of the molecule is CC1CCCN(c2ncccc2N)C1. The third-order valence-electron chi connectivity index (χ3n) is 2.77. The lowest BCUT2D eigenvalue weighted by Crippen LogP contribution is -2.35. The summed E-state index contributed by atoms with van der Waals surface area (Å²) in [5.41, 5.74) is 6.69. The summed E-state index contributed by atoms with van der Waals surface area (Å²) in [5.74, 6) is 1.71. The average Bonchev–Trinajstić information content (AvgIpc) is 2.18. The van der Waals surface area contributed by atoms with E-state index < -0.39 is 0 Å². The smallest absolute Gasteiger partial charge is 0.151 e. The van der Waals surface area contributed by atoms with Gasteiger partial charge in [-0.3, -0.25) is 0 Å². The van der Waals surface area contributed by atoms with Crippen LogP contribution in [0.15, 0.2) is 18.3 Å². The van der Waals surface area contributed by atoms with Crippen molar-refractivity contribution in [1.29, 1.82) is 0 Å². The van der Waals surface area contributed by atoms with Crippen LogP contribution < -0.4 is 10.6 Å². The zero-order valence-electron chi connectivity index (χ0n) is 8.61. The predicted molar refractivity (Wildman–Crippen MR) is 59.3 cm³/mol. The van der Waals surface area contributed by atoms with Crippen LogP contribution in [0.4, 0.5) is 11.5 Å². The number of rotatable bonds is 1. The molecule has 1 aliphatic rings. The largest absolute Gasteiger partial charge is 0.396 e. The molecule has 1 fully saturated rings. The molecule has 14 heavy (non-hydrogen) atoms. The van der Waals surface area contributed by atoms with E-state index in [0.717, 1.165) is 30.5 Å². The van der Waals surface area contributed by atoms with Gasteiger partial charge in [0.15, 0.2) is 5.82 Å². The van der Waals surface area contributed by atoms with Gasteiger partial charge in [0.05, 0.1) is 5.69 Å². The minimum atomic E-state index is 0.755. The lowest BCUT2D eigenvalue weighted by Gasteiger charge is -2.32. The number of hydrogen-bond acceptors (Lipinski definition) is 3. The van der Waals surface area contributed by atoms with Crippen molar-refractivity contribution in [3.63, 3.8) is 0 Å². The lowest BCUT2D eigenvalue weighted by molar-refractivity contribution is 0.445. The van der Waals surface area contributed by atoms with E-state index in [-0.39, 0.29) is 0 Å². The van der Waals surface area contributed by atoms with Crippen LogP contribution in [0.2, 0.25) is 0 Å². The molecule has 2 rings (SSSR count). The summed E-state index contributed by atoms with van der Waals surface area (Å²) in [5, 5.41) is 0. The summed E-state index contributed by atoms with van der Waals surface area (Å²) in [6.07, 6.45) is 4.38. The highest BCUT2D eigenvalue weighted by Crippen LogP contribution is 2.25. The Balaban J connectivity index is 2.18. The summed E-state index contributed by atoms with van der Waals surface area (Å²) in [6, 6.07) is 3.80. The highest BCUT2D eigenvalue weighted by Gasteiger charge is 2.18. The lowest BCUT2D eigenvalue weighted by atomic mass is 10.0. The first-order chi connectivity index (χ1) is 6.77. The molecule has 2 N–H and O–H groups in total. The van der Waals surface area contributed by atoms with Crippen LogP contribution in [0.5, 0.6) is 0 Å². The molecule has 2 heterocycles. The van der Waals surface area contributed by atoms with E-state index in [0.29, 0.717) is 0 Å². The molecule has 1 atom stereocenters. The summed E-state index contributed by atoms with van der Waals surface area (Å²) < 4.78 is 0. The highest BCUT2D eigenvalue weighted by atomic mass is 15.2. The molecule has 0 aliphatic carbocycles. The third kappa shape index (κ3) is 1.81. The summed E-state index contributed by atoms with van der Waals surface area (Å²) in [4.78, 5) is 6.63. The Morgan fingerprint density at radius 3 is 3.14 bits per heavy atom. The maximum Gasteiger partial charge on any atom is 0.151 e. The van der Waals surface area contributed by atoms with Gasteiger partial charge in [0.25, 0.3) is 0 Å². The monoisotopic (exact) mass is 191 g/mol. The molecule has 0 radical (unpaired) electrons. The maximum atomic E-state index is 5.89. The zero-order chi connectivity index (χ0) is 9.97. The van der Waals surface area contributed by atoms with Crippen LogP contribution in [0.3, 0.4) is 0 Å². The Morgan fingerprint density at radius 1 is 1.57 bits per heavy atom. The van der Waals surface area contributed by atoms with Gasteiger partial charge in [-0.05, 0) is 30.9 Å². The minimum absolute atomic E-state index is 0.755. The second kappa shape index (κ2) is 3.86.